The van der Waals surface area contributed by atoms with E-state index in [0.717, 1.165) is 38.9 Å². The fraction of sp³-hybridized carbons (Fsp3) is 0.909. The molecule has 1 saturated carbocycles. The van der Waals surface area contributed by atoms with E-state index in [9.17, 15) is 4.79 Å². The van der Waals surface area contributed by atoms with Crippen LogP contribution in [0.25, 0.3) is 0 Å². The smallest absolute Gasteiger partial charge is 0.136 e. The monoisotopic (exact) mass is 182 g/mol. The zero-order chi connectivity index (χ0) is 9.10. The molecule has 2 rings (SSSR count). The first kappa shape index (κ1) is 9.20. The summed E-state index contributed by atoms with van der Waals surface area (Å²) in [6.07, 6.45) is 6.65. The summed E-state index contributed by atoms with van der Waals surface area (Å²) in [5, 5.41) is 0. The van der Waals surface area contributed by atoms with Gasteiger partial charge in [0.2, 0.25) is 0 Å². The first-order chi connectivity index (χ1) is 6.38. The Kier molecular flexibility index (Phi) is 2.99. The van der Waals surface area contributed by atoms with Gasteiger partial charge in [0.25, 0.3) is 0 Å². The molecule has 2 nitrogen and oxygen atoms in total. The predicted molar refractivity (Wildman–Crippen MR) is 50.5 cm³/mol. The van der Waals surface area contributed by atoms with Crippen molar-refractivity contribution in [1.82, 2.24) is 0 Å². The van der Waals surface area contributed by atoms with Crippen LogP contribution in [0.5, 0.6) is 0 Å². The molecular weight excluding hydrogens is 164 g/mol. The largest absolute Gasteiger partial charge is 0.381 e. The maximum Gasteiger partial charge on any atom is 0.136 e. The van der Waals surface area contributed by atoms with Crippen LogP contribution in [0.1, 0.15) is 38.5 Å². The van der Waals surface area contributed by atoms with Crippen molar-refractivity contribution in [3.63, 3.8) is 0 Å². The molecule has 2 heteroatoms. The fourth-order valence-electron chi connectivity index (χ4n) is 2.59. The molecule has 1 heterocycles. The van der Waals surface area contributed by atoms with E-state index < -0.39 is 0 Å². The van der Waals surface area contributed by atoms with E-state index in [1.54, 1.807) is 0 Å². The fourth-order valence-corrected chi connectivity index (χ4v) is 2.59. The highest BCUT2D eigenvalue weighted by Crippen LogP contribution is 2.31. The molecule has 2 atom stereocenters. The molecule has 0 bridgehead atoms. The minimum atomic E-state index is 0.342. The van der Waals surface area contributed by atoms with Crippen LogP contribution in [0.15, 0.2) is 0 Å². The van der Waals surface area contributed by atoms with Gasteiger partial charge in [0.15, 0.2) is 0 Å². The summed E-state index contributed by atoms with van der Waals surface area (Å²) in [5.74, 6) is 1.39. The lowest BCUT2D eigenvalue weighted by atomic mass is 9.77. The predicted octanol–water partition coefficient (Wildman–Crippen LogP) is 2.17. The van der Waals surface area contributed by atoms with Crippen molar-refractivity contribution >= 4 is 5.78 Å². The van der Waals surface area contributed by atoms with Crippen LogP contribution in [0.2, 0.25) is 0 Å². The van der Waals surface area contributed by atoms with E-state index in [2.05, 4.69) is 0 Å². The lowest BCUT2D eigenvalue weighted by Gasteiger charge is -2.31. The zero-order valence-corrected chi connectivity index (χ0v) is 8.13. The van der Waals surface area contributed by atoms with E-state index in [0.29, 0.717) is 17.6 Å². The molecule has 13 heavy (non-hydrogen) atoms. The SMILES string of the molecule is O=C1CCCCC1C1CCCOC1. The summed E-state index contributed by atoms with van der Waals surface area (Å²) in [4.78, 5) is 11.6. The Morgan fingerprint density at radius 1 is 1.15 bits per heavy atom. The summed E-state index contributed by atoms with van der Waals surface area (Å²) >= 11 is 0. The molecule has 0 spiro atoms. The molecule has 2 fully saturated rings. The molecule has 0 radical (unpaired) electrons. The number of hydrogen-bond donors (Lipinski definition) is 0. The van der Waals surface area contributed by atoms with Gasteiger partial charge in [0.1, 0.15) is 5.78 Å². The molecule has 1 aliphatic heterocycles. The highest BCUT2D eigenvalue weighted by atomic mass is 16.5. The van der Waals surface area contributed by atoms with Gasteiger partial charge in [0, 0.05) is 18.9 Å². The molecule has 0 aromatic rings. The third-order valence-electron chi connectivity index (χ3n) is 3.37. The molecule has 0 N–H and O–H groups in total. The van der Waals surface area contributed by atoms with Crippen molar-refractivity contribution in [3.05, 3.63) is 0 Å². The highest BCUT2D eigenvalue weighted by molar-refractivity contribution is 5.81. The zero-order valence-electron chi connectivity index (χ0n) is 8.13. The maximum atomic E-state index is 11.6. The Bertz CT molecular complexity index is 183. The molecule has 1 saturated heterocycles. The number of carbonyl (C=O) groups is 1. The van der Waals surface area contributed by atoms with Crippen molar-refractivity contribution in [2.24, 2.45) is 11.8 Å². The molecule has 0 amide bonds. The second-order valence-electron chi connectivity index (χ2n) is 4.30. The Labute approximate surface area is 79.7 Å². The minimum Gasteiger partial charge on any atom is -0.381 e. The first-order valence-corrected chi connectivity index (χ1v) is 5.48. The van der Waals surface area contributed by atoms with E-state index in [1.807, 2.05) is 0 Å². The van der Waals surface area contributed by atoms with Gasteiger partial charge in [-0.25, -0.2) is 0 Å². The standard InChI is InChI=1S/C11H18O2/c12-11-6-2-1-5-10(11)9-4-3-7-13-8-9/h9-10H,1-8H2. The van der Waals surface area contributed by atoms with Crippen molar-refractivity contribution in [2.75, 3.05) is 13.2 Å². The van der Waals surface area contributed by atoms with Gasteiger partial charge in [-0.3, -0.25) is 4.79 Å². The topological polar surface area (TPSA) is 26.3 Å². The summed E-state index contributed by atoms with van der Waals surface area (Å²) in [6, 6.07) is 0. The van der Waals surface area contributed by atoms with E-state index in [1.165, 1.54) is 12.8 Å². The van der Waals surface area contributed by atoms with Crippen molar-refractivity contribution in [3.8, 4) is 0 Å². The summed E-state index contributed by atoms with van der Waals surface area (Å²) in [7, 11) is 0. The minimum absolute atomic E-state index is 0.342. The van der Waals surface area contributed by atoms with Crippen LogP contribution in [0.3, 0.4) is 0 Å². The second-order valence-corrected chi connectivity index (χ2v) is 4.30. The van der Waals surface area contributed by atoms with Crippen molar-refractivity contribution < 1.29 is 9.53 Å². The highest BCUT2D eigenvalue weighted by Gasteiger charge is 2.31. The van der Waals surface area contributed by atoms with Gasteiger partial charge in [-0.15, -0.1) is 0 Å². The average molecular weight is 182 g/mol. The molecule has 0 aromatic heterocycles. The van der Waals surface area contributed by atoms with Gasteiger partial charge in [-0.2, -0.15) is 0 Å². The number of ketones is 1. The van der Waals surface area contributed by atoms with Crippen LogP contribution < -0.4 is 0 Å². The molecule has 2 aliphatic rings. The van der Waals surface area contributed by atoms with Gasteiger partial charge in [-0.1, -0.05) is 6.42 Å². The third kappa shape index (κ3) is 2.11. The number of carbonyl (C=O) groups excluding carboxylic acids is 1. The molecule has 0 aromatic carbocycles. The van der Waals surface area contributed by atoms with Crippen LogP contribution in [-0.2, 0) is 9.53 Å². The normalized spacial score (nSPS) is 36.2. The number of hydrogen-bond acceptors (Lipinski definition) is 2. The number of ether oxygens (including phenoxy) is 1. The Hall–Kier alpha value is -0.370. The summed E-state index contributed by atoms with van der Waals surface area (Å²) in [5.41, 5.74) is 0. The van der Waals surface area contributed by atoms with Crippen LogP contribution in [0, 0.1) is 11.8 Å². The lowest BCUT2D eigenvalue weighted by molar-refractivity contribution is -0.128. The van der Waals surface area contributed by atoms with Crippen LogP contribution in [0.4, 0.5) is 0 Å². The van der Waals surface area contributed by atoms with Gasteiger partial charge in [0.05, 0.1) is 6.61 Å². The van der Waals surface area contributed by atoms with Gasteiger partial charge < -0.3 is 4.74 Å². The van der Waals surface area contributed by atoms with Crippen molar-refractivity contribution in [1.29, 1.82) is 0 Å². The van der Waals surface area contributed by atoms with E-state index in [-0.39, 0.29) is 0 Å². The quantitative estimate of drug-likeness (QED) is 0.621. The first-order valence-electron chi connectivity index (χ1n) is 5.48. The van der Waals surface area contributed by atoms with E-state index >= 15 is 0 Å². The van der Waals surface area contributed by atoms with Crippen molar-refractivity contribution in [2.45, 2.75) is 38.5 Å². The molecular formula is C11H18O2. The molecule has 1 aliphatic carbocycles. The van der Waals surface area contributed by atoms with Crippen LogP contribution in [-0.4, -0.2) is 19.0 Å². The van der Waals surface area contributed by atoms with E-state index in [4.69, 9.17) is 4.74 Å². The number of rotatable bonds is 1. The Morgan fingerprint density at radius 3 is 2.77 bits per heavy atom. The third-order valence-corrected chi connectivity index (χ3v) is 3.37. The lowest BCUT2D eigenvalue weighted by Crippen LogP contribution is -2.32. The number of Topliss-reactive ketones (excluding diaryl/α,β-unsaturated/α-hetero) is 1. The maximum absolute atomic E-state index is 11.6. The second kappa shape index (κ2) is 4.23. The molecule has 74 valence electrons. The Balaban J connectivity index is 1.92. The summed E-state index contributed by atoms with van der Waals surface area (Å²) in [6.45, 7) is 1.73. The van der Waals surface area contributed by atoms with Gasteiger partial charge >= 0.3 is 0 Å². The van der Waals surface area contributed by atoms with Gasteiger partial charge in [-0.05, 0) is 31.6 Å². The Morgan fingerprint density at radius 2 is 2.08 bits per heavy atom. The summed E-state index contributed by atoms with van der Waals surface area (Å²) < 4.78 is 5.43. The average Bonchev–Trinajstić information content (AvgIpc) is 2.20. The molecule has 2 unspecified atom stereocenters. The van der Waals surface area contributed by atoms with Crippen LogP contribution >= 0.6 is 0 Å².